The third-order valence-corrected chi connectivity index (χ3v) is 4.23. The standard InChI is InChI=1S/C14H23N5O/c20-14(4-7-15-10-14)11-19-8-2-12(3-9-19)18-13-16-5-1-6-17-13/h1,5-6,12,15,20H,2-4,7-11H2,(H,16,17,18)/t14-/m1/s1. The Morgan fingerprint density at radius 1 is 1.35 bits per heavy atom. The minimum absolute atomic E-state index is 0.435. The molecular weight excluding hydrogens is 254 g/mol. The van der Waals surface area contributed by atoms with Crippen LogP contribution in [0.15, 0.2) is 18.5 Å². The molecule has 3 rings (SSSR count). The number of nitrogens with one attached hydrogen (secondary N) is 2. The van der Waals surface area contributed by atoms with Crippen LogP contribution < -0.4 is 10.6 Å². The molecule has 6 heteroatoms. The number of nitrogens with zero attached hydrogens (tertiary/aromatic N) is 3. The van der Waals surface area contributed by atoms with Gasteiger partial charge in [0.15, 0.2) is 0 Å². The second-order valence-electron chi connectivity index (χ2n) is 5.92. The monoisotopic (exact) mass is 277 g/mol. The van der Waals surface area contributed by atoms with Gasteiger partial charge in [-0.15, -0.1) is 0 Å². The van der Waals surface area contributed by atoms with E-state index >= 15 is 0 Å². The van der Waals surface area contributed by atoms with Crippen molar-refractivity contribution in [1.82, 2.24) is 20.2 Å². The van der Waals surface area contributed by atoms with Gasteiger partial charge in [0.05, 0.1) is 5.60 Å². The number of anilines is 1. The lowest BCUT2D eigenvalue weighted by Gasteiger charge is -2.36. The van der Waals surface area contributed by atoms with Gasteiger partial charge in [0.1, 0.15) is 0 Å². The summed E-state index contributed by atoms with van der Waals surface area (Å²) in [5.41, 5.74) is -0.525. The fourth-order valence-corrected chi connectivity index (χ4v) is 3.07. The normalized spacial score (nSPS) is 28.6. The van der Waals surface area contributed by atoms with E-state index in [0.717, 1.165) is 52.0 Å². The number of hydrogen-bond donors (Lipinski definition) is 3. The van der Waals surface area contributed by atoms with Gasteiger partial charge in [-0.2, -0.15) is 0 Å². The molecule has 0 bridgehead atoms. The van der Waals surface area contributed by atoms with Gasteiger partial charge in [-0.3, -0.25) is 0 Å². The molecule has 1 aromatic rings. The van der Waals surface area contributed by atoms with Crippen molar-refractivity contribution in [2.45, 2.75) is 30.9 Å². The Labute approximate surface area is 119 Å². The van der Waals surface area contributed by atoms with Gasteiger partial charge < -0.3 is 20.6 Å². The molecule has 20 heavy (non-hydrogen) atoms. The lowest BCUT2D eigenvalue weighted by molar-refractivity contribution is 0.0146. The molecular formula is C14H23N5O. The Morgan fingerprint density at radius 2 is 2.10 bits per heavy atom. The summed E-state index contributed by atoms with van der Waals surface area (Å²) < 4.78 is 0. The Hall–Kier alpha value is -1.24. The van der Waals surface area contributed by atoms with Crippen molar-refractivity contribution in [3.63, 3.8) is 0 Å². The first-order valence-corrected chi connectivity index (χ1v) is 7.43. The molecule has 0 saturated carbocycles. The van der Waals surface area contributed by atoms with Crippen molar-refractivity contribution < 1.29 is 5.11 Å². The SMILES string of the molecule is O[C@]1(CN2CCC(Nc3ncccn3)CC2)CCNC1. The number of aromatic nitrogens is 2. The number of β-amino-alcohol motifs (C(OH)–C–C–N with tert-alkyl or cyclic N) is 1. The molecule has 2 saturated heterocycles. The van der Waals surface area contributed by atoms with Gasteiger partial charge in [0.2, 0.25) is 5.95 Å². The lowest BCUT2D eigenvalue weighted by atomic mass is 9.99. The van der Waals surface area contributed by atoms with Gasteiger partial charge in [-0.05, 0) is 31.9 Å². The molecule has 2 fully saturated rings. The Kier molecular flexibility index (Phi) is 4.14. The van der Waals surface area contributed by atoms with Gasteiger partial charge in [-0.1, -0.05) is 0 Å². The van der Waals surface area contributed by atoms with Gasteiger partial charge in [-0.25, -0.2) is 9.97 Å². The Bertz CT molecular complexity index is 413. The molecule has 3 heterocycles. The predicted octanol–water partition coefficient (Wildman–Crippen LogP) is 0.0773. The van der Waals surface area contributed by atoms with Crippen LogP contribution in [0.4, 0.5) is 5.95 Å². The largest absolute Gasteiger partial charge is 0.387 e. The molecule has 0 amide bonds. The van der Waals surface area contributed by atoms with E-state index in [2.05, 4.69) is 25.5 Å². The van der Waals surface area contributed by atoms with Crippen molar-refractivity contribution >= 4 is 5.95 Å². The van der Waals surface area contributed by atoms with Crippen LogP contribution in [-0.4, -0.2) is 64.3 Å². The first kappa shape index (κ1) is 13.7. The van der Waals surface area contributed by atoms with Crippen LogP contribution in [0.5, 0.6) is 0 Å². The summed E-state index contributed by atoms with van der Waals surface area (Å²) in [7, 11) is 0. The fourth-order valence-electron chi connectivity index (χ4n) is 3.07. The molecule has 110 valence electrons. The highest BCUT2D eigenvalue weighted by Crippen LogP contribution is 2.20. The zero-order chi connectivity index (χ0) is 13.8. The van der Waals surface area contributed by atoms with Crippen molar-refractivity contribution in [3.8, 4) is 0 Å². The molecule has 0 unspecified atom stereocenters. The molecule has 6 nitrogen and oxygen atoms in total. The van der Waals surface area contributed by atoms with Gasteiger partial charge in [0, 0.05) is 44.6 Å². The maximum absolute atomic E-state index is 10.4. The molecule has 0 aromatic carbocycles. The fraction of sp³-hybridized carbons (Fsp3) is 0.714. The van der Waals surface area contributed by atoms with E-state index in [9.17, 15) is 5.11 Å². The first-order valence-electron chi connectivity index (χ1n) is 7.43. The van der Waals surface area contributed by atoms with Crippen molar-refractivity contribution in [2.24, 2.45) is 0 Å². The summed E-state index contributed by atoms with van der Waals surface area (Å²) in [6.45, 7) is 4.48. The summed E-state index contributed by atoms with van der Waals surface area (Å²) in [4.78, 5) is 10.8. The van der Waals surface area contributed by atoms with E-state index < -0.39 is 5.60 Å². The molecule has 2 aliphatic heterocycles. The minimum Gasteiger partial charge on any atom is -0.387 e. The highest BCUT2D eigenvalue weighted by atomic mass is 16.3. The van der Waals surface area contributed by atoms with Crippen LogP contribution >= 0.6 is 0 Å². The number of piperidine rings is 1. The van der Waals surface area contributed by atoms with Crippen LogP contribution in [0.25, 0.3) is 0 Å². The molecule has 2 aliphatic rings. The third kappa shape index (κ3) is 3.45. The number of likely N-dealkylation sites (tertiary alicyclic amines) is 1. The molecule has 1 atom stereocenters. The van der Waals surface area contributed by atoms with Crippen LogP contribution in [0.1, 0.15) is 19.3 Å². The molecule has 0 radical (unpaired) electrons. The van der Waals surface area contributed by atoms with Crippen molar-refractivity contribution in [2.75, 3.05) is 38.0 Å². The average Bonchev–Trinajstić information content (AvgIpc) is 2.89. The quantitative estimate of drug-likeness (QED) is 0.724. The van der Waals surface area contributed by atoms with Crippen molar-refractivity contribution in [3.05, 3.63) is 18.5 Å². The van der Waals surface area contributed by atoms with E-state index in [-0.39, 0.29) is 0 Å². The molecule has 0 spiro atoms. The summed E-state index contributed by atoms with van der Waals surface area (Å²) in [6.07, 6.45) is 6.52. The van der Waals surface area contributed by atoms with E-state index in [1.807, 2.05) is 6.07 Å². The Morgan fingerprint density at radius 3 is 2.75 bits per heavy atom. The topological polar surface area (TPSA) is 73.3 Å². The summed E-state index contributed by atoms with van der Waals surface area (Å²) in [5, 5.41) is 17.0. The zero-order valence-electron chi connectivity index (χ0n) is 11.8. The van der Waals surface area contributed by atoms with E-state index in [1.54, 1.807) is 12.4 Å². The van der Waals surface area contributed by atoms with E-state index in [1.165, 1.54) is 0 Å². The Balaban J connectivity index is 1.45. The molecule has 1 aromatic heterocycles. The van der Waals surface area contributed by atoms with E-state index in [0.29, 0.717) is 12.0 Å². The maximum atomic E-state index is 10.4. The van der Waals surface area contributed by atoms with Crippen LogP contribution in [0.3, 0.4) is 0 Å². The number of aliphatic hydroxyl groups is 1. The second-order valence-corrected chi connectivity index (χ2v) is 5.92. The highest BCUT2D eigenvalue weighted by molar-refractivity contribution is 5.24. The molecule has 0 aliphatic carbocycles. The average molecular weight is 277 g/mol. The minimum atomic E-state index is -0.525. The maximum Gasteiger partial charge on any atom is 0.222 e. The second kappa shape index (κ2) is 6.03. The smallest absolute Gasteiger partial charge is 0.222 e. The first-order chi connectivity index (χ1) is 9.73. The highest BCUT2D eigenvalue weighted by Gasteiger charge is 2.34. The number of hydrogen-bond acceptors (Lipinski definition) is 6. The zero-order valence-corrected chi connectivity index (χ0v) is 11.8. The van der Waals surface area contributed by atoms with Crippen LogP contribution in [0, 0.1) is 0 Å². The van der Waals surface area contributed by atoms with Gasteiger partial charge >= 0.3 is 0 Å². The molecule has 3 N–H and O–H groups in total. The lowest BCUT2D eigenvalue weighted by Crippen LogP contribution is -2.48. The number of rotatable bonds is 4. The summed E-state index contributed by atoms with van der Waals surface area (Å²) in [6, 6.07) is 2.26. The van der Waals surface area contributed by atoms with Crippen LogP contribution in [-0.2, 0) is 0 Å². The predicted molar refractivity (Wildman–Crippen MR) is 77.6 cm³/mol. The van der Waals surface area contributed by atoms with Crippen LogP contribution in [0.2, 0.25) is 0 Å². The summed E-state index contributed by atoms with van der Waals surface area (Å²) in [5.74, 6) is 0.713. The van der Waals surface area contributed by atoms with E-state index in [4.69, 9.17) is 0 Å². The van der Waals surface area contributed by atoms with Gasteiger partial charge in [0.25, 0.3) is 0 Å². The summed E-state index contributed by atoms with van der Waals surface area (Å²) >= 11 is 0. The third-order valence-electron chi connectivity index (χ3n) is 4.23. The van der Waals surface area contributed by atoms with Crippen molar-refractivity contribution in [1.29, 1.82) is 0 Å².